The summed E-state index contributed by atoms with van der Waals surface area (Å²) in [6.07, 6.45) is -2.07. The van der Waals surface area contributed by atoms with Crippen molar-refractivity contribution >= 4 is 47.3 Å². The minimum atomic E-state index is -1.58. The summed E-state index contributed by atoms with van der Waals surface area (Å²) in [7, 11) is 0. The molecule has 22 heteroatoms. The van der Waals surface area contributed by atoms with Gasteiger partial charge in [0.25, 0.3) is 0 Å². The first-order chi connectivity index (χ1) is 28.4. The van der Waals surface area contributed by atoms with Gasteiger partial charge in [-0.3, -0.25) is 38.4 Å². The Morgan fingerprint density at radius 1 is 0.683 bits per heavy atom. The monoisotopic (exact) mass is 848 g/mol. The van der Waals surface area contributed by atoms with Crippen molar-refractivity contribution < 1.29 is 48.6 Å². The molecule has 2 rings (SSSR count). The Balaban J connectivity index is 2.69. The molecule has 1 aromatic carbocycles. The first-order valence-electron chi connectivity index (χ1n) is 20.0. The van der Waals surface area contributed by atoms with Crippen LogP contribution in [0.1, 0.15) is 58.4 Å². The number of hydrogen-bond acceptors (Lipinski definition) is 14. The van der Waals surface area contributed by atoms with Gasteiger partial charge in [0.2, 0.25) is 47.3 Å². The van der Waals surface area contributed by atoms with Gasteiger partial charge in [0.15, 0.2) is 0 Å². The van der Waals surface area contributed by atoms with E-state index in [1.807, 2.05) is 0 Å². The van der Waals surface area contributed by atoms with Crippen LogP contribution in [0.4, 0.5) is 0 Å². The number of benzene rings is 1. The molecule has 0 bridgehead atoms. The highest BCUT2D eigenvalue weighted by Crippen LogP contribution is 2.10. The minimum Gasteiger partial charge on any atom is -0.394 e. The van der Waals surface area contributed by atoms with E-state index in [2.05, 4.69) is 42.5 Å². The Bertz CT molecular complexity index is 1600. The zero-order valence-electron chi connectivity index (χ0n) is 34.4. The lowest BCUT2D eigenvalue weighted by Gasteiger charge is -2.28. The molecule has 1 aliphatic heterocycles. The molecule has 1 heterocycles. The number of carbonyl (C=O) groups excluding carboxylic acids is 8. The molecule has 9 atom stereocenters. The van der Waals surface area contributed by atoms with Crippen molar-refractivity contribution in [3.8, 4) is 0 Å². The van der Waals surface area contributed by atoms with Crippen molar-refractivity contribution in [3.05, 3.63) is 35.9 Å². The van der Waals surface area contributed by atoms with Gasteiger partial charge < -0.3 is 75.7 Å². The maximum absolute atomic E-state index is 14.1. The third kappa shape index (κ3) is 16.8. The van der Waals surface area contributed by atoms with Gasteiger partial charge in [0.1, 0.15) is 48.3 Å². The summed E-state index contributed by atoms with van der Waals surface area (Å²) < 4.78 is 0. The second-order valence-corrected chi connectivity index (χ2v) is 15.0. The SMILES string of the molecule is CC(C)C[C@@H]1NC(=O)[C@@H](Cc2ccccc2)NC(=O)[C@H](CCN)NC(=O)[C@@H](NC(=O)[C@@H](N)CO)CCNC(=O)[C@H]([C@@H](C)O)NC(=O)[C@H](CCN)NC(=O)[C@H](CCN)NC1=O. The molecule has 0 spiro atoms. The van der Waals surface area contributed by atoms with Gasteiger partial charge >= 0.3 is 0 Å². The van der Waals surface area contributed by atoms with Gasteiger partial charge in [0.05, 0.1) is 12.7 Å². The Morgan fingerprint density at radius 2 is 1.13 bits per heavy atom. The third-order valence-corrected chi connectivity index (χ3v) is 9.48. The van der Waals surface area contributed by atoms with Crippen LogP contribution in [0, 0.1) is 5.92 Å². The number of rotatable bonds is 14. The fraction of sp³-hybridized carbons (Fsp3) is 0.632. The van der Waals surface area contributed by atoms with E-state index in [-0.39, 0.29) is 70.6 Å². The first kappa shape index (κ1) is 50.9. The molecule has 1 aromatic rings. The van der Waals surface area contributed by atoms with Crippen molar-refractivity contribution in [2.75, 3.05) is 32.8 Å². The van der Waals surface area contributed by atoms with Gasteiger partial charge in [-0.2, -0.15) is 0 Å². The van der Waals surface area contributed by atoms with Crippen molar-refractivity contribution in [1.82, 2.24) is 42.5 Å². The summed E-state index contributed by atoms with van der Waals surface area (Å²) in [5.41, 5.74) is 23.7. The number of aliphatic hydroxyl groups excluding tert-OH is 2. The fourth-order valence-corrected chi connectivity index (χ4v) is 6.17. The molecule has 0 aliphatic carbocycles. The molecular formula is C38H64N12O10. The van der Waals surface area contributed by atoms with Crippen LogP contribution in [0.2, 0.25) is 0 Å². The highest BCUT2D eigenvalue weighted by atomic mass is 16.3. The van der Waals surface area contributed by atoms with Crippen molar-refractivity contribution in [1.29, 1.82) is 0 Å². The molecule has 1 fully saturated rings. The molecule has 1 aliphatic rings. The minimum absolute atomic E-state index is 0.0502. The van der Waals surface area contributed by atoms with E-state index in [1.165, 1.54) is 6.92 Å². The molecule has 60 heavy (non-hydrogen) atoms. The summed E-state index contributed by atoms with van der Waals surface area (Å²) >= 11 is 0. The maximum atomic E-state index is 14.1. The van der Waals surface area contributed by atoms with E-state index in [9.17, 15) is 48.6 Å². The second-order valence-electron chi connectivity index (χ2n) is 15.0. The van der Waals surface area contributed by atoms with Crippen molar-refractivity contribution in [3.63, 3.8) is 0 Å². The Hall–Kier alpha value is -5.26. The first-order valence-corrected chi connectivity index (χ1v) is 20.0. The summed E-state index contributed by atoms with van der Waals surface area (Å²) in [5.74, 6) is -6.99. The average molecular weight is 849 g/mol. The van der Waals surface area contributed by atoms with Crippen LogP contribution >= 0.6 is 0 Å². The lowest BCUT2D eigenvalue weighted by molar-refractivity contribution is -0.136. The molecule has 0 radical (unpaired) electrons. The number of nitrogens with two attached hydrogens (primary N) is 4. The van der Waals surface area contributed by atoms with E-state index >= 15 is 0 Å². The van der Waals surface area contributed by atoms with Gasteiger partial charge in [-0.15, -0.1) is 0 Å². The molecule has 336 valence electrons. The molecule has 22 nitrogen and oxygen atoms in total. The molecular weight excluding hydrogens is 784 g/mol. The summed E-state index contributed by atoms with van der Waals surface area (Å²) in [4.78, 5) is 109. The fourth-order valence-electron chi connectivity index (χ4n) is 6.17. The van der Waals surface area contributed by atoms with Crippen LogP contribution in [0.25, 0.3) is 0 Å². The van der Waals surface area contributed by atoms with Gasteiger partial charge in [-0.05, 0) is 70.1 Å². The lowest BCUT2D eigenvalue weighted by atomic mass is 10.00. The van der Waals surface area contributed by atoms with Gasteiger partial charge in [-0.1, -0.05) is 44.2 Å². The molecule has 8 amide bonds. The smallest absolute Gasteiger partial charge is 0.245 e. The van der Waals surface area contributed by atoms with Gasteiger partial charge in [-0.25, -0.2) is 0 Å². The highest BCUT2D eigenvalue weighted by Gasteiger charge is 2.35. The predicted octanol–water partition coefficient (Wildman–Crippen LogP) is -6.06. The molecule has 18 N–H and O–H groups in total. The van der Waals surface area contributed by atoms with Crippen LogP contribution in [-0.4, -0.2) is 145 Å². The van der Waals surface area contributed by atoms with E-state index in [0.29, 0.717) is 5.56 Å². The largest absolute Gasteiger partial charge is 0.394 e. The zero-order valence-corrected chi connectivity index (χ0v) is 34.4. The van der Waals surface area contributed by atoms with E-state index in [4.69, 9.17) is 22.9 Å². The van der Waals surface area contributed by atoms with E-state index in [1.54, 1.807) is 44.2 Å². The van der Waals surface area contributed by atoms with Crippen LogP contribution in [0.15, 0.2) is 30.3 Å². The standard InChI is InChI=1S/C38H64N12O10/c1-20(2)17-28-36(58)47-24(9-13-39)32(54)46-26(11-15-41)35(57)50-30(21(3)52)38(60)43-16-12-27(44-31(53)23(42)19-51)34(56)45-25(10-14-40)33(55)49-29(37(59)48-28)18-22-7-5-4-6-8-22/h4-8,20-21,23-30,51-52H,9-19,39-42H2,1-3H3,(H,43,60)(H,44,53)(H,45,56)(H,46,54)(H,47,58)(H,48,59)(H,49,55)(H,50,57)/t21-,23+,24+,25+,26+,27+,28+,29-,30+/m1/s1. The Morgan fingerprint density at radius 3 is 1.62 bits per heavy atom. The molecule has 0 aromatic heterocycles. The third-order valence-electron chi connectivity index (χ3n) is 9.48. The molecule has 0 unspecified atom stereocenters. The van der Waals surface area contributed by atoms with Crippen LogP contribution in [-0.2, 0) is 44.8 Å². The number of carbonyl (C=O) groups is 8. The second kappa shape index (κ2) is 26.1. The number of hydrogen-bond donors (Lipinski definition) is 14. The Kier molecular flexibility index (Phi) is 22.1. The topological polar surface area (TPSA) is 377 Å². The number of nitrogens with one attached hydrogen (secondary N) is 8. The van der Waals surface area contributed by atoms with Crippen molar-refractivity contribution in [2.24, 2.45) is 28.9 Å². The van der Waals surface area contributed by atoms with E-state index in [0.717, 1.165) is 0 Å². The normalized spacial score (nSPS) is 25.6. The van der Waals surface area contributed by atoms with Crippen molar-refractivity contribution in [2.45, 2.75) is 114 Å². The average Bonchev–Trinajstić information content (AvgIpc) is 3.20. The number of amides is 8. The van der Waals surface area contributed by atoms with Crippen LogP contribution < -0.4 is 65.5 Å². The van der Waals surface area contributed by atoms with E-state index < -0.39 is 108 Å². The quantitative estimate of drug-likeness (QED) is 0.0829. The summed E-state index contributed by atoms with van der Waals surface area (Å²) in [5, 5.41) is 40.2. The lowest BCUT2D eigenvalue weighted by Crippen LogP contribution is -2.61. The summed E-state index contributed by atoms with van der Waals surface area (Å²) in [6.45, 7) is 3.47. The predicted molar refractivity (Wildman–Crippen MR) is 218 cm³/mol. The van der Waals surface area contributed by atoms with Crippen LogP contribution in [0.3, 0.4) is 0 Å². The van der Waals surface area contributed by atoms with Crippen LogP contribution in [0.5, 0.6) is 0 Å². The zero-order chi connectivity index (χ0) is 44.9. The summed E-state index contributed by atoms with van der Waals surface area (Å²) in [6, 6.07) is -2.35. The highest BCUT2D eigenvalue weighted by molar-refractivity contribution is 5.98. The maximum Gasteiger partial charge on any atom is 0.245 e. The molecule has 1 saturated heterocycles. The Labute approximate surface area is 349 Å². The molecule has 0 saturated carbocycles. The number of aliphatic hydroxyl groups is 2. The van der Waals surface area contributed by atoms with Gasteiger partial charge in [0, 0.05) is 13.0 Å².